The lowest BCUT2D eigenvalue weighted by Crippen LogP contribution is -2.10. The zero-order valence-corrected chi connectivity index (χ0v) is 69.5. The highest BCUT2D eigenvalue weighted by Gasteiger charge is 2.24. The minimum absolute atomic E-state index is 0.687. The average molecular weight is 1660 g/mol. The maximum absolute atomic E-state index is 5.05. The number of halogens is 1. The van der Waals surface area contributed by atoms with Crippen molar-refractivity contribution in [3.05, 3.63) is 466 Å². The Morgan fingerprint density at radius 3 is 0.968 bits per heavy atom. The number of aromatic nitrogens is 6. The van der Waals surface area contributed by atoms with Gasteiger partial charge in [-0.05, 0) is 210 Å². The van der Waals surface area contributed by atoms with Crippen molar-refractivity contribution >= 4 is 153 Å². The van der Waals surface area contributed by atoms with Gasteiger partial charge in [-0.15, -0.1) is 0 Å². The highest BCUT2D eigenvalue weighted by Crippen LogP contribution is 2.48. The smallest absolute Gasteiger partial charge is 0.159 e. The van der Waals surface area contributed by atoms with Gasteiger partial charge in [-0.1, -0.05) is 331 Å². The molecule has 0 aliphatic carbocycles. The molecule has 125 heavy (non-hydrogen) atoms. The van der Waals surface area contributed by atoms with Gasteiger partial charge in [0.1, 0.15) is 0 Å². The van der Waals surface area contributed by atoms with E-state index >= 15 is 0 Å². The first-order chi connectivity index (χ1) is 61.9. The second kappa shape index (κ2) is 32.7. The van der Waals surface area contributed by atoms with Gasteiger partial charge in [0.2, 0.25) is 0 Å². The van der Waals surface area contributed by atoms with Crippen LogP contribution in [-0.2, 0) is 0 Å². The third-order valence-electron chi connectivity index (χ3n) is 23.8. The van der Waals surface area contributed by atoms with E-state index in [0.717, 1.165) is 111 Å². The summed E-state index contributed by atoms with van der Waals surface area (Å²) >= 11 is 3.74. The van der Waals surface area contributed by atoms with Crippen LogP contribution in [-0.4, -0.2) is 29.1 Å². The third-order valence-corrected chi connectivity index (χ3v) is 24.3. The number of nitrogens with zero attached hydrogens (tertiary/aromatic N) is 7. The molecule has 588 valence electrons. The molecule has 4 heterocycles. The topological polar surface area (TPSA) is 76.7 Å². The lowest BCUT2D eigenvalue weighted by atomic mass is 9.95. The first kappa shape index (κ1) is 75.0. The molecule has 0 amide bonds. The molecule has 4 aromatic heterocycles. The molecular weight excluding hydrogens is 1590 g/mol. The Balaban J connectivity index is 0.000000131. The van der Waals surface area contributed by atoms with Crippen LogP contribution in [0.15, 0.2) is 466 Å². The average Bonchev–Trinajstić information content (AvgIpc) is 1.59. The second-order valence-corrected chi connectivity index (χ2v) is 32.4. The van der Waals surface area contributed by atoms with Crippen molar-refractivity contribution in [2.24, 2.45) is 0 Å². The van der Waals surface area contributed by atoms with Crippen molar-refractivity contribution in [3.8, 4) is 78.7 Å². The molecule has 0 spiro atoms. The Kier molecular flexibility index (Phi) is 19.7. The van der Waals surface area contributed by atoms with Crippen molar-refractivity contribution < 1.29 is 0 Å². The molecule has 0 saturated carbocycles. The van der Waals surface area contributed by atoms with Crippen LogP contribution in [0.2, 0.25) is 0 Å². The van der Waals surface area contributed by atoms with E-state index in [1.54, 1.807) is 0 Å². The minimum atomic E-state index is 0.687. The SMILES string of the molecule is Brc1cc(-c2ccc(-c3ccc4c5c6ccccc6c6ccccc6c5n(-c5ccccc5)c4c3)cc2)cc(-c2ncc3ccccc3n2)c1.c1ccc(N(c2ccccc2)c2cc(-c3ccc(-c4ccc5c6c7ccccc7c7ccccc7c6n(-c6ccccc6)c5c4)cc3)cc(-c3ncc4ccccc4n3)c2)cc1.c1ccc(Nc2ccccc2)cc1. The Hall–Kier alpha value is -16.2. The van der Waals surface area contributed by atoms with Crippen molar-refractivity contribution in [3.63, 3.8) is 0 Å². The lowest BCUT2D eigenvalue weighted by molar-refractivity contribution is 1.19. The summed E-state index contributed by atoms with van der Waals surface area (Å²) < 4.78 is 5.91. The van der Waals surface area contributed by atoms with E-state index in [1.807, 2.05) is 116 Å². The number of benzene rings is 20. The molecule has 8 nitrogen and oxygen atoms in total. The molecule has 0 bridgehead atoms. The van der Waals surface area contributed by atoms with Gasteiger partial charge in [0.05, 0.1) is 33.1 Å². The van der Waals surface area contributed by atoms with E-state index in [0.29, 0.717) is 11.6 Å². The molecule has 0 radical (unpaired) electrons. The fourth-order valence-electron chi connectivity index (χ4n) is 18.1. The van der Waals surface area contributed by atoms with Gasteiger partial charge < -0.3 is 19.4 Å². The highest BCUT2D eigenvalue weighted by atomic mass is 79.9. The highest BCUT2D eigenvalue weighted by molar-refractivity contribution is 9.10. The van der Waals surface area contributed by atoms with Gasteiger partial charge in [0.25, 0.3) is 0 Å². The van der Waals surface area contributed by atoms with Crippen LogP contribution >= 0.6 is 15.9 Å². The van der Waals surface area contributed by atoms with Crippen LogP contribution in [0.4, 0.5) is 28.4 Å². The molecule has 24 rings (SSSR count). The van der Waals surface area contributed by atoms with Gasteiger partial charge >= 0.3 is 0 Å². The van der Waals surface area contributed by atoms with E-state index in [9.17, 15) is 0 Å². The summed E-state index contributed by atoms with van der Waals surface area (Å²) in [5.74, 6) is 1.40. The molecule has 0 aliphatic rings. The van der Waals surface area contributed by atoms with Crippen molar-refractivity contribution in [1.29, 1.82) is 0 Å². The van der Waals surface area contributed by atoms with Crippen LogP contribution in [0, 0.1) is 0 Å². The standard InChI is InChI=1S/C58H38N4.C46H28BrN3.C12H11N/c1-4-17-45(18-5-1)61(46-19-6-2-7-20-46)48-35-43(34-44(36-48)58-59-38-42-16-10-15-27-54(42)60-58)40-30-28-39(29-31-40)41-32-33-53-55(37-41)62(47-21-8-3-9-22-47)57-52-26-14-12-24-50(52)49-23-11-13-25-51(49)56(53)57;47-35-25-33(24-34(26-35)46-48-28-32-10-4-9-17-42(32)49-46)30-20-18-29(19-21-30)31-22-23-41-43(27-31)50(36-11-2-1-3-12-36)45-40-16-8-6-14-38(40)37-13-5-7-15-39(37)44(41)45;1-3-7-11(8-4-1)13-12-9-5-2-6-10-12/h1-38H;1-28H;1-10,13H. The second-order valence-electron chi connectivity index (χ2n) is 31.5. The Bertz CT molecular complexity index is 8090. The Morgan fingerprint density at radius 1 is 0.232 bits per heavy atom. The third kappa shape index (κ3) is 14.4. The summed E-state index contributed by atoms with van der Waals surface area (Å²) in [4.78, 5) is 21.8. The molecule has 1 N–H and O–H groups in total. The molecular formula is C116H77BrN8. The summed E-state index contributed by atoms with van der Waals surface area (Å²) in [5.41, 5.74) is 25.4. The van der Waals surface area contributed by atoms with Crippen LogP contribution in [0.5, 0.6) is 0 Å². The molecule has 0 unspecified atom stereocenters. The van der Waals surface area contributed by atoms with Crippen LogP contribution in [0.25, 0.3) is 187 Å². The first-order valence-electron chi connectivity index (χ1n) is 42.1. The largest absolute Gasteiger partial charge is 0.356 e. The lowest BCUT2D eigenvalue weighted by Gasteiger charge is -2.26. The van der Waals surface area contributed by atoms with E-state index in [2.05, 4.69) is 386 Å². The normalized spacial score (nSPS) is 11.4. The predicted molar refractivity (Wildman–Crippen MR) is 529 cm³/mol. The van der Waals surface area contributed by atoms with Crippen molar-refractivity contribution in [2.45, 2.75) is 0 Å². The van der Waals surface area contributed by atoms with E-state index < -0.39 is 0 Å². The monoisotopic (exact) mass is 1660 g/mol. The van der Waals surface area contributed by atoms with Gasteiger partial charge in [0, 0.05) is 111 Å². The van der Waals surface area contributed by atoms with E-state index in [-0.39, 0.29) is 0 Å². The number of para-hydroxylation sites is 8. The van der Waals surface area contributed by atoms with Gasteiger partial charge in [-0.2, -0.15) is 0 Å². The predicted octanol–water partition coefficient (Wildman–Crippen LogP) is 31.7. The van der Waals surface area contributed by atoms with Gasteiger partial charge in [0.15, 0.2) is 11.6 Å². The van der Waals surface area contributed by atoms with E-state index in [4.69, 9.17) is 15.0 Å². The maximum atomic E-state index is 5.05. The molecule has 0 aliphatic heterocycles. The number of fused-ring (bicyclic) bond motifs is 18. The summed E-state index contributed by atoms with van der Waals surface area (Å²) in [5, 5.41) is 20.6. The Labute approximate surface area is 731 Å². The maximum Gasteiger partial charge on any atom is 0.159 e. The minimum Gasteiger partial charge on any atom is -0.356 e. The molecule has 20 aromatic carbocycles. The number of hydrogen-bond donors (Lipinski definition) is 1. The van der Waals surface area contributed by atoms with Crippen molar-refractivity contribution in [1.82, 2.24) is 29.1 Å². The van der Waals surface area contributed by atoms with Crippen LogP contribution in [0.3, 0.4) is 0 Å². The number of hydrogen-bond acceptors (Lipinski definition) is 6. The fraction of sp³-hybridized carbons (Fsp3) is 0. The number of anilines is 5. The first-order valence-corrected chi connectivity index (χ1v) is 42.9. The van der Waals surface area contributed by atoms with E-state index in [1.165, 1.54) is 97.8 Å². The van der Waals surface area contributed by atoms with Crippen LogP contribution in [0.1, 0.15) is 0 Å². The summed E-state index contributed by atoms with van der Waals surface area (Å²) in [6.07, 6.45) is 3.82. The molecule has 24 aromatic rings. The molecule has 0 saturated heterocycles. The number of nitrogens with one attached hydrogen (secondary N) is 1. The van der Waals surface area contributed by atoms with Gasteiger partial charge in [-0.3, -0.25) is 0 Å². The molecule has 0 fully saturated rings. The number of rotatable bonds is 13. The quantitative estimate of drug-likeness (QED) is 0.116. The fourth-order valence-corrected chi connectivity index (χ4v) is 18.6. The Morgan fingerprint density at radius 2 is 0.544 bits per heavy atom. The van der Waals surface area contributed by atoms with Gasteiger partial charge in [-0.25, -0.2) is 19.9 Å². The zero-order chi connectivity index (χ0) is 83.1. The molecule has 0 atom stereocenters. The summed E-state index contributed by atoms with van der Waals surface area (Å²) in [6, 6.07) is 159. The van der Waals surface area contributed by atoms with Crippen LogP contribution < -0.4 is 10.2 Å². The van der Waals surface area contributed by atoms with Crippen molar-refractivity contribution in [2.75, 3.05) is 10.2 Å². The summed E-state index contributed by atoms with van der Waals surface area (Å²) in [6.45, 7) is 0. The zero-order valence-electron chi connectivity index (χ0n) is 67.9. The summed E-state index contributed by atoms with van der Waals surface area (Å²) in [7, 11) is 0. The molecule has 9 heteroatoms.